The number of aliphatic hydroxyl groups excluding tert-OH is 1. The van der Waals surface area contributed by atoms with E-state index in [1.54, 1.807) is 0 Å². The molecular weight excluding hydrogens is 365 g/mol. The van der Waals surface area contributed by atoms with Gasteiger partial charge < -0.3 is 24.7 Å². The second-order valence-electron chi connectivity index (χ2n) is 7.82. The smallest absolute Gasteiger partial charge is 0.392 e. The SMILES string of the molecule is CCCCCCCCCCCCCCCC(C(C)O)N(C)C.O=P(O)(O)O. The molecule has 27 heavy (non-hydrogen) atoms. The molecule has 0 fully saturated rings. The molecule has 0 amide bonds. The summed E-state index contributed by atoms with van der Waals surface area (Å²) >= 11 is 0. The van der Waals surface area contributed by atoms with Gasteiger partial charge in [-0.2, -0.15) is 0 Å². The Bertz CT molecular complexity index is 331. The molecule has 4 N–H and O–H groups in total. The highest BCUT2D eigenvalue weighted by atomic mass is 31.2. The first-order valence-corrected chi connectivity index (χ1v) is 12.3. The lowest BCUT2D eigenvalue weighted by Crippen LogP contribution is -2.37. The van der Waals surface area contributed by atoms with Gasteiger partial charge in [-0.05, 0) is 27.4 Å². The largest absolute Gasteiger partial charge is 0.466 e. The Kier molecular flexibility index (Phi) is 21.0. The van der Waals surface area contributed by atoms with Crippen molar-refractivity contribution in [3.05, 3.63) is 0 Å². The Morgan fingerprint density at radius 1 is 0.741 bits per heavy atom. The van der Waals surface area contributed by atoms with Crippen LogP contribution in [0.1, 0.15) is 104 Å². The summed E-state index contributed by atoms with van der Waals surface area (Å²) < 4.78 is 8.88. The number of likely N-dealkylation sites (N-methyl/N-ethyl adjacent to an activating group) is 1. The van der Waals surface area contributed by atoms with Crippen molar-refractivity contribution in [1.82, 2.24) is 4.90 Å². The van der Waals surface area contributed by atoms with Gasteiger partial charge in [-0.1, -0.05) is 90.4 Å². The fourth-order valence-corrected chi connectivity index (χ4v) is 3.30. The molecule has 6 nitrogen and oxygen atoms in total. The zero-order valence-corrected chi connectivity index (χ0v) is 19.0. The van der Waals surface area contributed by atoms with Crippen molar-refractivity contribution in [3.63, 3.8) is 0 Å². The Balaban J connectivity index is 0. The third kappa shape index (κ3) is 28.3. The van der Waals surface area contributed by atoms with Gasteiger partial charge in [-0.25, -0.2) is 4.57 Å². The van der Waals surface area contributed by atoms with E-state index in [1.165, 1.54) is 83.5 Å². The summed E-state index contributed by atoms with van der Waals surface area (Å²) in [5, 5.41) is 9.73. The third-order valence-electron chi connectivity index (χ3n) is 4.82. The van der Waals surface area contributed by atoms with Gasteiger partial charge >= 0.3 is 7.82 Å². The summed E-state index contributed by atoms with van der Waals surface area (Å²) in [7, 11) is -0.501. The first-order valence-electron chi connectivity index (χ1n) is 10.7. The molecule has 0 rings (SSSR count). The lowest BCUT2D eigenvalue weighted by molar-refractivity contribution is 0.0834. The summed E-state index contributed by atoms with van der Waals surface area (Å²) in [5.41, 5.74) is 0. The predicted molar refractivity (Wildman–Crippen MR) is 114 cm³/mol. The maximum atomic E-state index is 9.73. The zero-order valence-electron chi connectivity index (χ0n) is 18.1. The summed E-state index contributed by atoms with van der Waals surface area (Å²) in [6.45, 7) is 4.19. The molecule has 0 heterocycles. The molecule has 0 aromatic rings. The summed E-state index contributed by atoms with van der Waals surface area (Å²) in [5.74, 6) is 0. The van der Waals surface area contributed by atoms with Gasteiger partial charge in [0.15, 0.2) is 0 Å². The number of hydrogen-bond acceptors (Lipinski definition) is 3. The Morgan fingerprint density at radius 2 is 1.04 bits per heavy atom. The fourth-order valence-electron chi connectivity index (χ4n) is 3.30. The van der Waals surface area contributed by atoms with E-state index in [9.17, 15) is 5.11 Å². The summed E-state index contributed by atoms with van der Waals surface area (Å²) in [6.07, 6.45) is 19.1. The molecule has 2 atom stereocenters. The predicted octanol–water partition coefficient (Wildman–Crippen LogP) is 4.85. The van der Waals surface area contributed by atoms with Crippen molar-refractivity contribution < 1.29 is 24.4 Å². The van der Waals surface area contributed by atoms with Gasteiger partial charge in [0.25, 0.3) is 0 Å². The van der Waals surface area contributed by atoms with Gasteiger partial charge in [-0.3, -0.25) is 0 Å². The van der Waals surface area contributed by atoms with Gasteiger partial charge in [-0.15, -0.1) is 0 Å². The van der Waals surface area contributed by atoms with Crippen LogP contribution in [-0.2, 0) is 4.57 Å². The van der Waals surface area contributed by atoms with E-state index >= 15 is 0 Å². The summed E-state index contributed by atoms with van der Waals surface area (Å²) in [4.78, 5) is 23.7. The Hall–Kier alpha value is 0.0300. The minimum atomic E-state index is -4.64. The molecule has 0 saturated carbocycles. The van der Waals surface area contributed by atoms with Gasteiger partial charge in [0, 0.05) is 6.04 Å². The molecule has 0 aliphatic heterocycles. The lowest BCUT2D eigenvalue weighted by Gasteiger charge is -2.26. The first-order chi connectivity index (χ1) is 12.6. The zero-order chi connectivity index (χ0) is 21.1. The van der Waals surface area contributed by atoms with Crippen molar-refractivity contribution in [2.75, 3.05) is 14.1 Å². The maximum Gasteiger partial charge on any atom is 0.466 e. The van der Waals surface area contributed by atoms with Crippen LogP contribution in [0.25, 0.3) is 0 Å². The molecule has 0 saturated heterocycles. The quantitative estimate of drug-likeness (QED) is 0.214. The molecule has 0 aromatic carbocycles. The van der Waals surface area contributed by atoms with Crippen LogP contribution >= 0.6 is 7.82 Å². The van der Waals surface area contributed by atoms with Crippen molar-refractivity contribution in [3.8, 4) is 0 Å². The van der Waals surface area contributed by atoms with E-state index < -0.39 is 7.82 Å². The fraction of sp³-hybridized carbons (Fsp3) is 1.00. The number of phosphoric acid groups is 1. The average Bonchev–Trinajstić information content (AvgIpc) is 2.53. The molecule has 7 heteroatoms. The van der Waals surface area contributed by atoms with Gasteiger partial charge in [0.1, 0.15) is 0 Å². The minimum Gasteiger partial charge on any atom is -0.392 e. The molecule has 0 bridgehead atoms. The standard InChI is InChI=1S/C20H43NO.H3O4P/c1-5-6-7-8-9-10-11-12-13-14-15-16-17-18-20(19(2)22)21(3)4;1-5(2,3)4/h19-20,22H,5-18H2,1-4H3;(H3,1,2,3,4). The van der Waals surface area contributed by atoms with E-state index in [0.717, 1.165) is 6.42 Å². The highest BCUT2D eigenvalue weighted by molar-refractivity contribution is 7.45. The van der Waals surface area contributed by atoms with E-state index in [4.69, 9.17) is 19.2 Å². The van der Waals surface area contributed by atoms with E-state index in [-0.39, 0.29) is 6.10 Å². The molecule has 0 spiro atoms. The molecule has 0 aromatic heterocycles. The van der Waals surface area contributed by atoms with Crippen LogP contribution in [0.4, 0.5) is 0 Å². The number of unbranched alkanes of at least 4 members (excludes halogenated alkanes) is 12. The minimum absolute atomic E-state index is 0.215. The second kappa shape index (κ2) is 19.4. The van der Waals surface area contributed by atoms with Gasteiger partial charge in [0.05, 0.1) is 6.10 Å². The topological polar surface area (TPSA) is 101 Å². The maximum absolute atomic E-state index is 9.73. The lowest BCUT2D eigenvalue weighted by atomic mass is 10.0. The Morgan fingerprint density at radius 3 is 1.30 bits per heavy atom. The number of hydrogen-bond donors (Lipinski definition) is 4. The molecule has 0 radical (unpaired) electrons. The molecule has 0 aliphatic rings. The van der Waals surface area contributed by atoms with Gasteiger partial charge in [0.2, 0.25) is 0 Å². The van der Waals surface area contributed by atoms with Crippen LogP contribution in [0.5, 0.6) is 0 Å². The van der Waals surface area contributed by atoms with Crippen molar-refractivity contribution >= 4 is 7.82 Å². The highest BCUT2D eigenvalue weighted by Gasteiger charge is 2.16. The average molecular weight is 412 g/mol. The first kappa shape index (κ1) is 29.2. The monoisotopic (exact) mass is 411 g/mol. The van der Waals surface area contributed by atoms with E-state index in [0.29, 0.717) is 6.04 Å². The van der Waals surface area contributed by atoms with Crippen LogP contribution < -0.4 is 0 Å². The second-order valence-corrected chi connectivity index (χ2v) is 8.84. The van der Waals surface area contributed by atoms with Crippen LogP contribution in [-0.4, -0.2) is 50.9 Å². The molecular formula is C20H46NO5P. The van der Waals surface area contributed by atoms with Crippen LogP contribution in [0.15, 0.2) is 0 Å². The number of aliphatic hydroxyl groups is 1. The highest BCUT2D eigenvalue weighted by Crippen LogP contribution is 2.25. The number of nitrogens with zero attached hydrogens (tertiary/aromatic N) is 1. The number of rotatable bonds is 16. The normalized spacial score (nSPS) is 14.0. The van der Waals surface area contributed by atoms with E-state index in [1.807, 2.05) is 6.92 Å². The van der Waals surface area contributed by atoms with Crippen LogP contribution in [0.3, 0.4) is 0 Å². The molecule has 166 valence electrons. The molecule has 0 aliphatic carbocycles. The van der Waals surface area contributed by atoms with Crippen molar-refractivity contribution in [2.24, 2.45) is 0 Å². The Labute approximate surface area is 167 Å². The molecule has 2 unspecified atom stereocenters. The van der Waals surface area contributed by atoms with E-state index in [2.05, 4.69) is 25.9 Å². The van der Waals surface area contributed by atoms with Crippen LogP contribution in [0, 0.1) is 0 Å². The van der Waals surface area contributed by atoms with Crippen molar-refractivity contribution in [1.29, 1.82) is 0 Å². The third-order valence-corrected chi connectivity index (χ3v) is 4.82. The summed E-state index contributed by atoms with van der Waals surface area (Å²) in [6, 6.07) is 0.327. The van der Waals surface area contributed by atoms with Crippen molar-refractivity contribution in [2.45, 2.75) is 116 Å². The van der Waals surface area contributed by atoms with Crippen LogP contribution in [0.2, 0.25) is 0 Å².